The Morgan fingerprint density at radius 3 is 2.65 bits per heavy atom. The van der Waals surface area contributed by atoms with E-state index in [0.29, 0.717) is 5.69 Å². The summed E-state index contributed by atoms with van der Waals surface area (Å²) >= 11 is 5.80. The van der Waals surface area contributed by atoms with Gasteiger partial charge >= 0.3 is 0 Å². The van der Waals surface area contributed by atoms with Gasteiger partial charge in [-0.1, -0.05) is 17.7 Å². The molecule has 0 fully saturated rings. The number of nitrogens with two attached hydrogens (primary N) is 1. The summed E-state index contributed by atoms with van der Waals surface area (Å²) in [7, 11) is -3.82. The summed E-state index contributed by atoms with van der Waals surface area (Å²) in [5, 5.41) is 7.61. The number of carbonyl (C=O) groups is 1. The molecule has 0 bridgehead atoms. The second-order valence-electron chi connectivity index (χ2n) is 3.87. The normalized spacial score (nSPS) is 11.1. The fraction of sp³-hybridized carbons (Fsp3) is 0. The number of aromatic nitrogens is 1. The van der Waals surface area contributed by atoms with Crippen molar-refractivity contribution in [1.82, 2.24) is 4.98 Å². The zero-order chi connectivity index (χ0) is 14.8. The minimum atomic E-state index is -3.82. The molecular weight excluding hydrogens is 302 g/mol. The average Bonchev–Trinajstić information content (AvgIpc) is 2.38. The van der Waals surface area contributed by atoms with Gasteiger partial charge in [-0.05, 0) is 30.3 Å². The van der Waals surface area contributed by atoms with Crippen molar-refractivity contribution in [3.63, 3.8) is 0 Å². The van der Waals surface area contributed by atoms with Gasteiger partial charge in [0, 0.05) is 11.9 Å². The molecule has 0 unspecified atom stereocenters. The summed E-state index contributed by atoms with van der Waals surface area (Å²) in [6.45, 7) is 0. The lowest BCUT2D eigenvalue weighted by Crippen LogP contribution is -2.15. The van der Waals surface area contributed by atoms with Crippen molar-refractivity contribution in [2.45, 2.75) is 4.90 Å². The third kappa shape index (κ3) is 3.32. The van der Waals surface area contributed by atoms with Crippen LogP contribution in [0.5, 0.6) is 0 Å². The highest BCUT2D eigenvalue weighted by Crippen LogP contribution is 2.17. The molecular formula is C12H10ClN3O3S. The average molecular weight is 312 g/mol. The zero-order valence-corrected chi connectivity index (χ0v) is 11.6. The molecule has 0 aliphatic carbocycles. The van der Waals surface area contributed by atoms with Gasteiger partial charge in [-0.2, -0.15) is 0 Å². The van der Waals surface area contributed by atoms with E-state index >= 15 is 0 Å². The molecule has 20 heavy (non-hydrogen) atoms. The van der Waals surface area contributed by atoms with Crippen molar-refractivity contribution in [3.8, 4) is 0 Å². The molecule has 0 aliphatic heterocycles. The highest BCUT2D eigenvalue weighted by Gasteiger charge is 2.13. The van der Waals surface area contributed by atoms with E-state index in [0.717, 1.165) is 0 Å². The second-order valence-corrected chi connectivity index (χ2v) is 5.79. The standard InChI is InChI=1S/C12H10ClN3O3S/c13-11-10(5-2-6-15-11)12(17)16-8-3-1-4-9(7-8)20(14,18)19/h1-7H,(H,16,17)(H2,14,18,19). The largest absolute Gasteiger partial charge is 0.322 e. The predicted octanol–water partition coefficient (Wildman–Crippen LogP) is 1.63. The highest BCUT2D eigenvalue weighted by atomic mass is 35.5. The van der Waals surface area contributed by atoms with Gasteiger partial charge in [-0.15, -0.1) is 0 Å². The van der Waals surface area contributed by atoms with Gasteiger partial charge in [0.1, 0.15) is 5.15 Å². The number of pyridine rings is 1. The number of primary sulfonamides is 1. The van der Waals surface area contributed by atoms with Gasteiger partial charge in [0.15, 0.2) is 0 Å². The maximum absolute atomic E-state index is 12.0. The number of carbonyl (C=O) groups excluding carboxylic acids is 1. The quantitative estimate of drug-likeness (QED) is 0.841. The van der Waals surface area contributed by atoms with Gasteiger partial charge in [0.25, 0.3) is 5.91 Å². The van der Waals surface area contributed by atoms with Crippen molar-refractivity contribution >= 4 is 33.2 Å². The molecule has 2 aromatic rings. The van der Waals surface area contributed by atoms with Crippen molar-refractivity contribution < 1.29 is 13.2 Å². The molecule has 1 aromatic carbocycles. The number of sulfonamides is 1. The SMILES string of the molecule is NS(=O)(=O)c1cccc(NC(=O)c2cccnc2Cl)c1. The molecule has 1 aromatic heterocycles. The van der Waals surface area contributed by atoms with Crippen LogP contribution in [0.1, 0.15) is 10.4 Å². The Balaban J connectivity index is 2.27. The molecule has 0 radical (unpaired) electrons. The van der Waals surface area contributed by atoms with Crippen LogP contribution in [0, 0.1) is 0 Å². The molecule has 0 saturated heterocycles. The van der Waals surface area contributed by atoms with E-state index in [1.807, 2.05) is 0 Å². The van der Waals surface area contributed by atoms with Crippen LogP contribution in [0.15, 0.2) is 47.5 Å². The van der Waals surface area contributed by atoms with Gasteiger partial charge in [0.2, 0.25) is 10.0 Å². The maximum atomic E-state index is 12.0. The third-order valence-corrected chi connectivity index (χ3v) is 3.64. The Hall–Kier alpha value is -1.96. The Morgan fingerprint density at radius 2 is 2.00 bits per heavy atom. The van der Waals surface area contributed by atoms with E-state index in [1.165, 1.54) is 36.5 Å². The molecule has 104 valence electrons. The molecule has 6 nitrogen and oxygen atoms in total. The van der Waals surface area contributed by atoms with Gasteiger partial charge in [-0.25, -0.2) is 18.5 Å². The van der Waals surface area contributed by atoms with Crippen LogP contribution in [0.25, 0.3) is 0 Å². The van der Waals surface area contributed by atoms with Crippen molar-refractivity contribution in [3.05, 3.63) is 53.3 Å². The first-order chi connectivity index (χ1) is 9.38. The summed E-state index contributed by atoms with van der Waals surface area (Å²) in [5.74, 6) is -0.491. The van der Waals surface area contributed by atoms with Gasteiger partial charge in [-0.3, -0.25) is 4.79 Å². The molecule has 1 amide bonds. The van der Waals surface area contributed by atoms with E-state index in [4.69, 9.17) is 16.7 Å². The number of anilines is 1. The number of rotatable bonds is 3. The minimum Gasteiger partial charge on any atom is -0.322 e. The number of hydrogen-bond acceptors (Lipinski definition) is 4. The van der Waals surface area contributed by atoms with Crippen LogP contribution in [0.3, 0.4) is 0 Å². The van der Waals surface area contributed by atoms with E-state index in [2.05, 4.69) is 10.3 Å². The van der Waals surface area contributed by atoms with E-state index < -0.39 is 15.9 Å². The fourth-order valence-electron chi connectivity index (χ4n) is 1.50. The highest BCUT2D eigenvalue weighted by molar-refractivity contribution is 7.89. The Labute approximate surface area is 120 Å². The predicted molar refractivity (Wildman–Crippen MR) is 75.0 cm³/mol. The van der Waals surface area contributed by atoms with Crippen molar-refractivity contribution in [2.75, 3.05) is 5.32 Å². The molecule has 0 saturated carbocycles. The van der Waals surface area contributed by atoms with Crippen LogP contribution >= 0.6 is 11.6 Å². The zero-order valence-electron chi connectivity index (χ0n) is 10.1. The summed E-state index contributed by atoms with van der Waals surface area (Å²) in [6.07, 6.45) is 1.46. The molecule has 8 heteroatoms. The van der Waals surface area contributed by atoms with Crippen LogP contribution in [0.4, 0.5) is 5.69 Å². The molecule has 3 N–H and O–H groups in total. The molecule has 0 atom stereocenters. The topological polar surface area (TPSA) is 102 Å². The molecule has 1 heterocycles. The summed E-state index contributed by atoms with van der Waals surface area (Å²) in [5.41, 5.74) is 0.483. The first-order valence-electron chi connectivity index (χ1n) is 5.42. The lowest BCUT2D eigenvalue weighted by molar-refractivity contribution is 0.102. The van der Waals surface area contributed by atoms with Crippen LogP contribution in [-0.4, -0.2) is 19.3 Å². The molecule has 0 spiro atoms. The van der Waals surface area contributed by atoms with E-state index in [-0.39, 0.29) is 15.6 Å². The van der Waals surface area contributed by atoms with Crippen molar-refractivity contribution in [2.24, 2.45) is 5.14 Å². The molecule has 2 rings (SSSR count). The van der Waals surface area contributed by atoms with Gasteiger partial charge < -0.3 is 5.32 Å². The second kappa shape index (κ2) is 5.58. The number of hydrogen-bond donors (Lipinski definition) is 2. The van der Waals surface area contributed by atoms with Crippen LogP contribution in [-0.2, 0) is 10.0 Å². The fourth-order valence-corrected chi connectivity index (χ4v) is 2.27. The number of halogens is 1. The first kappa shape index (κ1) is 14.4. The molecule has 0 aliphatic rings. The van der Waals surface area contributed by atoms with E-state index in [9.17, 15) is 13.2 Å². The number of benzene rings is 1. The first-order valence-corrected chi connectivity index (χ1v) is 7.35. The summed E-state index contributed by atoms with van der Waals surface area (Å²) < 4.78 is 22.5. The lowest BCUT2D eigenvalue weighted by Gasteiger charge is -2.07. The van der Waals surface area contributed by atoms with Gasteiger partial charge in [0.05, 0.1) is 10.5 Å². The summed E-state index contributed by atoms with van der Waals surface area (Å²) in [4.78, 5) is 15.7. The van der Waals surface area contributed by atoms with E-state index in [1.54, 1.807) is 6.07 Å². The maximum Gasteiger partial charge on any atom is 0.258 e. The Morgan fingerprint density at radius 1 is 1.25 bits per heavy atom. The van der Waals surface area contributed by atoms with Crippen LogP contribution < -0.4 is 10.5 Å². The summed E-state index contributed by atoms with van der Waals surface area (Å²) in [6, 6.07) is 8.69. The number of amides is 1. The number of nitrogens with one attached hydrogen (secondary N) is 1. The smallest absolute Gasteiger partial charge is 0.258 e. The lowest BCUT2D eigenvalue weighted by atomic mass is 10.2. The van der Waals surface area contributed by atoms with Crippen LogP contribution in [0.2, 0.25) is 5.15 Å². The monoisotopic (exact) mass is 311 g/mol. The van der Waals surface area contributed by atoms with Crippen molar-refractivity contribution in [1.29, 1.82) is 0 Å². The third-order valence-electron chi connectivity index (χ3n) is 2.42. The Kier molecular flexibility index (Phi) is 4.03. The minimum absolute atomic E-state index is 0.0626. The number of nitrogens with zero attached hydrogens (tertiary/aromatic N) is 1. The Bertz CT molecular complexity index is 762.